The minimum atomic E-state index is -0.101. The normalized spacial score (nSPS) is 35.8. The quantitative estimate of drug-likeness (QED) is 0.689. The molecule has 0 radical (unpaired) electrons. The topological polar surface area (TPSA) is 55.4 Å². The molecule has 15 heavy (non-hydrogen) atoms. The summed E-state index contributed by atoms with van der Waals surface area (Å²) in [6.45, 7) is 4.06. The first-order chi connectivity index (χ1) is 7.08. The molecular formula is C11H17NO3. The molecule has 2 unspecified atom stereocenters. The van der Waals surface area contributed by atoms with Gasteiger partial charge in [-0.15, -0.1) is 0 Å². The summed E-state index contributed by atoms with van der Waals surface area (Å²) in [5.41, 5.74) is 0. The van der Waals surface area contributed by atoms with Crippen molar-refractivity contribution < 1.29 is 14.3 Å². The van der Waals surface area contributed by atoms with Gasteiger partial charge in [0, 0.05) is 6.42 Å². The highest BCUT2D eigenvalue weighted by molar-refractivity contribution is 5.79. The van der Waals surface area contributed by atoms with Gasteiger partial charge in [0.05, 0.1) is 12.0 Å². The summed E-state index contributed by atoms with van der Waals surface area (Å²) in [4.78, 5) is 22.6. The van der Waals surface area contributed by atoms with Crippen LogP contribution < -0.4 is 5.32 Å². The van der Waals surface area contributed by atoms with Crippen LogP contribution in [0.4, 0.5) is 0 Å². The zero-order valence-corrected chi connectivity index (χ0v) is 9.16. The lowest BCUT2D eigenvalue weighted by molar-refractivity contribution is -0.146. The van der Waals surface area contributed by atoms with E-state index in [9.17, 15) is 9.59 Å². The Morgan fingerprint density at radius 2 is 2.13 bits per heavy atom. The third-order valence-corrected chi connectivity index (χ3v) is 3.34. The Labute approximate surface area is 89.4 Å². The first-order valence-electron chi connectivity index (χ1n) is 5.58. The van der Waals surface area contributed by atoms with E-state index in [0.717, 1.165) is 12.8 Å². The summed E-state index contributed by atoms with van der Waals surface area (Å²) in [5.74, 6) is 0.298. The molecule has 0 aliphatic carbocycles. The number of amides is 1. The van der Waals surface area contributed by atoms with Gasteiger partial charge in [0.25, 0.3) is 0 Å². The molecule has 0 bridgehead atoms. The predicted octanol–water partition coefficient (Wildman–Crippen LogP) is 0.853. The fourth-order valence-corrected chi connectivity index (χ4v) is 2.34. The minimum absolute atomic E-state index is 0.00695. The van der Waals surface area contributed by atoms with Crippen molar-refractivity contribution in [1.82, 2.24) is 5.32 Å². The van der Waals surface area contributed by atoms with E-state index in [0.29, 0.717) is 12.3 Å². The summed E-state index contributed by atoms with van der Waals surface area (Å²) in [7, 11) is 0. The zero-order chi connectivity index (χ0) is 11.0. The molecule has 1 amide bonds. The van der Waals surface area contributed by atoms with E-state index in [2.05, 4.69) is 5.32 Å². The predicted molar refractivity (Wildman–Crippen MR) is 54.0 cm³/mol. The lowest BCUT2D eigenvalue weighted by Crippen LogP contribution is -2.36. The summed E-state index contributed by atoms with van der Waals surface area (Å²) in [6.07, 6.45) is 2.00. The van der Waals surface area contributed by atoms with Crippen molar-refractivity contribution in [2.24, 2.45) is 11.8 Å². The highest BCUT2D eigenvalue weighted by Gasteiger charge is 2.42. The number of esters is 1. The molecule has 2 saturated heterocycles. The molecule has 1 N–H and O–H groups in total. The summed E-state index contributed by atoms with van der Waals surface area (Å²) in [6, 6.07) is 0.0465. The lowest BCUT2D eigenvalue weighted by atomic mass is 9.91. The number of carbonyl (C=O) groups is 2. The Bertz CT molecular complexity index is 288. The molecule has 3 atom stereocenters. The number of cyclic esters (lactones) is 1. The molecule has 2 fully saturated rings. The van der Waals surface area contributed by atoms with E-state index in [4.69, 9.17) is 4.74 Å². The molecular weight excluding hydrogens is 194 g/mol. The van der Waals surface area contributed by atoms with Gasteiger partial charge in [-0.2, -0.15) is 0 Å². The van der Waals surface area contributed by atoms with E-state index in [-0.39, 0.29) is 29.9 Å². The standard InChI is InChI=1S/C11H17NO3/c1-6(2)7-5-9(15-11(7)14)8-3-4-10(13)12-8/h6-9H,3-5H2,1-2H3,(H,12,13)/t7?,8-,9?/m0/s1. The molecule has 4 heteroatoms. The fraction of sp³-hybridized carbons (Fsp3) is 0.818. The van der Waals surface area contributed by atoms with Gasteiger partial charge in [0.1, 0.15) is 6.10 Å². The zero-order valence-electron chi connectivity index (χ0n) is 9.16. The molecule has 2 aliphatic rings. The number of carbonyl (C=O) groups excluding carboxylic acids is 2. The van der Waals surface area contributed by atoms with Crippen LogP contribution in [0.2, 0.25) is 0 Å². The molecule has 0 aromatic heterocycles. The number of hydrogen-bond donors (Lipinski definition) is 1. The molecule has 84 valence electrons. The van der Waals surface area contributed by atoms with Gasteiger partial charge in [-0.25, -0.2) is 0 Å². The first-order valence-corrected chi connectivity index (χ1v) is 5.58. The van der Waals surface area contributed by atoms with Crippen LogP contribution >= 0.6 is 0 Å². The van der Waals surface area contributed by atoms with Crippen molar-refractivity contribution in [1.29, 1.82) is 0 Å². The number of rotatable bonds is 2. The maximum atomic E-state index is 11.5. The van der Waals surface area contributed by atoms with E-state index >= 15 is 0 Å². The number of hydrogen-bond acceptors (Lipinski definition) is 3. The van der Waals surface area contributed by atoms with E-state index in [1.165, 1.54) is 0 Å². The molecule has 2 rings (SSSR count). The van der Waals surface area contributed by atoms with Gasteiger partial charge in [-0.3, -0.25) is 9.59 Å². The Morgan fingerprint density at radius 3 is 2.60 bits per heavy atom. The highest BCUT2D eigenvalue weighted by Crippen LogP contribution is 2.31. The Balaban J connectivity index is 1.97. The van der Waals surface area contributed by atoms with Crippen LogP contribution in [0.3, 0.4) is 0 Å². The monoisotopic (exact) mass is 211 g/mol. The third-order valence-electron chi connectivity index (χ3n) is 3.34. The molecule has 0 saturated carbocycles. The van der Waals surface area contributed by atoms with Crippen LogP contribution in [0.5, 0.6) is 0 Å². The van der Waals surface area contributed by atoms with Gasteiger partial charge < -0.3 is 10.1 Å². The fourth-order valence-electron chi connectivity index (χ4n) is 2.34. The minimum Gasteiger partial charge on any atom is -0.460 e. The molecule has 0 aromatic rings. The summed E-state index contributed by atoms with van der Waals surface area (Å²) in [5, 5.41) is 2.86. The number of ether oxygens (including phenoxy) is 1. The van der Waals surface area contributed by atoms with E-state index in [1.807, 2.05) is 13.8 Å². The van der Waals surface area contributed by atoms with Crippen LogP contribution in [-0.2, 0) is 14.3 Å². The SMILES string of the molecule is CC(C)C1CC([C@@H]2CCC(=O)N2)OC1=O. The maximum Gasteiger partial charge on any atom is 0.309 e. The van der Waals surface area contributed by atoms with Crippen LogP contribution in [0.25, 0.3) is 0 Å². The third kappa shape index (κ3) is 1.98. The van der Waals surface area contributed by atoms with Gasteiger partial charge in [0.2, 0.25) is 5.91 Å². The Kier molecular flexibility index (Phi) is 2.67. The van der Waals surface area contributed by atoms with Crippen molar-refractivity contribution in [3.63, 3.8) is 0 Å². The lowest BCUT2D eigenvalue weighted by Gasteiger charge is -2.16. The van der Waals surface area contributed by atoms with Crippen molar-refractivity contribution in [3.8, 4) is 0 Å². The Morgan fingerprint density at radius 1 is 1.40 bits per heavy atom. The van der Waals surface area contributed by atoms with Crippen LogP contribution in [0, 0.1) is 11.8 Å². The second-order valence-electron chi connectivity index (χ2n) is 4.77. The van der Waals surface area contributed by atoms with Gasteiger partial charge in [-0.05, 0) is 18.8 Å². The van der Waals surface area contributed by atoms with Crippen LogP contribution in [-0.4, -0.2) is 24.0 Å². The average Bonchev–Trinajstić information content (AvgIpc) is 2.71. The Hall–Kier alpha value is -1.06. The van der Waals surface area contributed by atoms with E-state index in [1.54, 1.807) is 0 Å². The van der Waals surface area contributed by atoms with Crippen molar-refractivity contribution >= 4 is 11.9 Å². The first kappa shape index (κ1) is 10.5. The highest BCUT2D eigenvalue weighted by atomic mass is 16.6. The van der Waals surface area contributed by atoms with Crippen LogP contribution in [0.15, 0.2) is 0 Å². The van der Waals surface area contributed by atoms with Crippen molar-refractivity contribution in [2.75, 3.05) is 0 Å². The summed E-state index contributed by atoms with van der Waals surface area (Å²) < 4.78 is 5.31. The van der Waals surface area contributed by atoms with Crippen molar-refractivity contribution in [2.45, 2.75) is 45.3 Å². The second kappa shape index (κ2) is 3.83. The van der Waals surface area contributed by atoms with Gasteiger partial charge >= 0.3 is 5.97 Å². The molecule has 4 nitrogen and oxygen atoms in total. The van der Waals surface area contributed by atoms with Gasteiger partial charge in [0.15, 0.2) is 0 Å². The summed E-state index contributed by atoms with van der Waals surface area (Å²) >= 11 is 0. The maximum absolute atomic E-state index is 11.5. The molecule has 0 spiro atoms. The average molecular weight is 211 g/mol. The number of nitrogens with one attached hydrogen (secondary N) is 1. The smallest absolute Gasteiger partial charge is 0.309 e. The van der Waals surface area contributed by atoms with Crippen LogP contribution in [0.1, 0.15) is 33.1 Å². The molecule has 2 aliphatic heterocycles. The molecule has 0 aromatic carbocycles. The largest absolute Gasteiger partial charge is 0.460 e. The second-order valence-corrected chi connectivity index (χ2v) is 4.77. The van der Waals surface area contributed by atoms with Gasteiger partial charge in [-0.1, -0.05) is 13.8 Å². The molecule has 2 heterocycles. The van der Waals surface area contributed by atoms with E-state index < -0.39 is 0 Å². The van der Waals surface area contributed by atoms with Crippen molar-refractivity contribution in [3.05, 3.63) is 0 Å².